The van der Waals surface area contributed by atoms with Crippen molar-refractivity contribution in [2.24, 2.45) is 0 Å². The van der Waals surface area contributed by atoms with Crippen molar-refractivity contribution in [3.05, 3.63) is 29.6 Å². The molecule has 1 aliphatic heterocycles. The highest BCUT2D eigenvalue weighted by molar-refractivity contribution is 5.85. The van der Waals surface area contributed by atoms with Crippen LogP contribution in [0.4, 0.5) is 4.39 Å². The molecule has 2 N–H and O–H groups in total. The van der Waals surface area contributed by atoms with Gasteiger partial charge in [-0.3, -0.25) is 4.90 Å². The molecule has 0 radical (unpaired) electrons. The van der Waals surface area contributed by atoms with Gasteiger partial charge in [0, 0.05) is 31.7 Å². The molecule has 1 atom stereocenters. The van der Waals surface area contributed by atoms with Gasteiger partial charge in [-0.05, 0) is 6.07 Å². The summed E-state index contributed by atoms with van der Waals surface area (Å²) in [5, 5.41) is 21.9. The highest BCUT2D eigenvalue weighted by Gasteiger charge is 2.25. The number of rotatable bonds is 3. The third kappa shape index (κ3) is 4.22. The number of hydrogen-bond donors (Lipinski definition) is 2. The molecule has 1 aliphatic rings. The second kappa shape index (κ2) is 8.98. The van der Waals surface area contributed by atoms with E-state index in [-0.39, 0.29) is 43.0 Å². The minimum atomic E-state index is -0.634. The maximum Gasteiger partial charge on any atom is 0.165 e. The Labute approximate surface area is 130 Å². The summed E-state index contributed by atoms with van der Waals surface area (Å²) in [6.07, 6.45) is 0.247. The van der Waals surface area contributed by atoms with Crippen LogP contribution in [-0.4, -0.2) is 36.2 Å². The Hall–Kier alpha value is -1.06. The smallest absolute Gasteiger partial charge is 0.165 e. The first-order valence-electron chi connectivity index (χ1n) is 6.03. The molecule has 1 aromatic rings. The molecule has 0 saturated carbocycles. The minimum Gasteiger partial charge on any atom is -0.505 e. The monoisotopic (exact) mass is 321 g/mol. The molecule has 1 saturated heterocycles. The Morgan fingerprint density at radius 2 is 2.00 bits per heavy atom. The Morgan fingerprint density at radius 3 is 2.60 bits per heavy atom. The average molecular weight is 322 g/mol. The number of nitrogens with zero attached hydrogens (tertiary/aromatic N) is 2. The van der Waals surface area contributed by atoms with Gasteiger partial charge in [-0.1, -0.05) is 12.1 Å². The molecule has 1 aromatic carbocycles. The summed E-state index contributed by atoms with van der Waals surface area (Å²) in [5.41, 5.74) is 0.499. The number of aromatic hydroxyl groups is 1. The van der Waals surface area contributed by atoms with Crippen LogP contribution in [0.2, 0.25) is 0 Å². The van der Waals surface area contributed by atoms with Gasteiger partial charge in [-0.15, -0.1) is 24.8 Å². The number of hydrogen-bond acceptors (Lipinski definition) is 4. The van der Waals surface area contributed by atoms with E-state index in [1.54, 1.807) is 12.1 Å². The molecule has 0 aliphatic carbocycles. The van der Waals surface area contributed by atoms with Crippen LogP contribution in [-0.2, 0) is 0 Å². The molecule has 112 valence electrons. The van der Waals surface area contributed by atoms with Crippen molar-refractivity contribution >= 4 is 24.8 Å². The molecule has 0 aromatic heterocycles. The zero-order chi connectivity index (χ0) is 13.0. The second-order valence-corrected chi connectivity index (χ2v) is 4.34. The van der Waals surface area contributed by atoms with Crippen LogP contribution in [0.15, 0.2) is 18.2 Å². The molecule has 1 fully saturated rings. The second-order valence-electron chi connectivity index (χ2n) is 4.34. The molecule has 0 spiro atoms. The molecule has 0 unspecified atom stereocenters. The first kappa shape index (κ1) is 18.9. The molecule has 20 heavy (non-hydrogen) atoms. The van der Waals surface area contributed by atoms with Crippen LogP contribution in [0.25, 0.3) is 0 Å². The van der Waals surface area contributed by atoms with Gasteiger partial charge in [0.05, 0.1) is 18.5 Å². The van der Waals surface area contributed by atoms with E-state index in [1.165, 1.54) is 6.07 Å². The van der Waals surface area contributed by atoms with E-state index < -0.39 is 5.82 Å². The number of halogens is 3. The zero-order valence-electron chi connectivity index (χ0n) is 10.9. The molecule has 0 amide bonds. The van der Waals surface area contributed by atoms with E-state index in [0.717, 1.165) is 26.2 Å². The van der Waals surface area contributed by atoms with Gasteiger partial charge >= 0.3 is 0 Å². The molecular formula is C13H18Cl2FN3O. The maximum absolute atomic E-state index is 13.4. The van der Waals surface area contributed by atoms with Crippen molar-refractivity contribution < 1.29 is 9.50 Å². The van der Waals surface area contributed by atoms with Crippen LogP contribution in [0.3, 0.4) is 0 Å². The average Bonchev–Trinajstić information content (AvgIpc) is 2.41. The first-order valence-corrected chi connectivity index (χ1v) is 6.03. The number of benzene rings is 1. The zero-order valence-corrected chi connectivity index (χ0v) is 12.5. The van der Waals surface area contributed by atoms with Gasteiger partial charge in [-0.25, -0.2) is 4.39 Å². The molecular weight excluding hydrogens is 304 g/mol. The fraction of sp³-hybridized carbons (Fsp3) is 0.462. The highest BCUT2D eigenvalue weighted by atomic mass is 35.5. The number of phenolic OH excluding ortho intramolecular Hbond substituents is 1. The SMILES string of the molecule is Cl.Cl.N#CC[C@@H](c1cccc(F)c1O)N1CCNCC1. The molecule has 1 heterocycles. The first-order chi connectivity index (χ1) is 8.74. The number of piperazine rings is 1. The molecule has 4 nitrogen and oxygen atoms in total. The summed E-state index contributed by atoms with van der Waals surface area (Å²) in [5.74, 6) is -0.971. The Bertz CT molecular complexity index is 461. The summed E-state index contributed by atoms with van der Waals surface area (Å²) < 4.78 is 13.4. The Balaban J connectivity index is 0.00000180. The predicted molar refractivity (Wildman–Crippen MR) is 80.0 cm³/mol. The van der Waals surface area contributed by atoms with Crippen molar-refractivity contribution in [1.82, 2.24) is 10.2 Å². The van der Waals surface area contributed by atoms with Gasteiger partial charge in [0.2, 0.25) is 0 Å². The van der Waals surface area contributed by atoms with Crippen molar-refractivity contribution in [2.45, 2.75) is 12.5 Å². The number of nitrogens with one attached hydrogen (secondary N) is 1. The lowest BCUT2D eigenvalue weighted by Crippen LogP contribution is -2.45. The van der Waals surface area contributed by atoms with E-state index >= 15 is 0 Å². The maximum atomic E-state index is 13.4. The lowest BCUT2D eigenvalue weighted by Gasteiger charge is -2.34. The van der Waals surface area contributed by atoms with Crippen LogP contribution < -0.4 is 5.32 Å². The summed E-state index contributed by atoms with van der Waals surface area (Å²) in [7, 11) is 0. The summed E-state index contributed by atoms with van der Waals surface area (Å²) in [4.78, 5) is 2.11. The van der Waals surface area contributed by atoms with Crippen molar-refractivity contribution in [3.63, 3.8) is 0 Å². The minimum absolute atomic E-state index is 0. The van der Waals surface area contributed by atoms with E-state index in [4.69, 9.17) is 5.26 Å². The van der Waals surface area contributed by atoms with E-state index in [1.807, 2.05) is 0 Å². The third-order valence-corrected chi connectivity index (χ3v) is 3.25. The normalized spacial score (nSPS) is 16.4. The Kier molecular flexibility index (Phi) is 8.51. The van der Waals surface area contributed by atoms with Gasteiger partial charge < -0.3 is 10.4 Å². The summed E-state index contributed by atoms with van der Waals surface area (Å²) >= 11 is 0. The fourth-order valence-electron chi connectivity index (χ4n) is 2.32. The topological polar surface area (TPSA) is 59.3 Å². The van der Waals surface area contributed by atoms with Crippen LogP contribution in [0.5, 0.6) is 5.75 Å². The summed E-state index contributed by atoms with van der Waals surface area (Å²) in [6.45, 7) is 3.28. The predicted octanol–water partition coefficient (Wildman–Crippen LogP) is 2.23. The quantitative estimate of drug-likeness (QED) is 0.896. The Morgan fingerprint density at radius 1 is 1.35 bits per heavy atom. The van der Waals surface area contributed by atoms with E-state index in [9.17, 15) is 9.50 Å². The molecule has 0 bridgehead atoms. The highest BCUT2D eigenvalue weighted by Crippen LogP contribution is 2.32. The van der Waals surface area contributed by atoms with Crippen molar-refractivity contribution in [3.8, 4) is 11.8 Å². The summed E-state index contributed by atoms with van der Waals surface area (Å²) in [6, 6.07) is 6.34. The van der Waals surface area contributed by atoms with Gasteiger partial charge in [0.1, 0.15) is 0 Å². The lowest BCUT2D eigenvalue weighted by atomic mass is 10.0. The number of para-hydroxylation sites is 1. The van der Waals surface area contributed by atoms with Gasteiger partial charge in [0.25, 0.3) is 0 Å². The van der Waals surface area contributed by atoms with Crippen LogP contribution in [0, 0.1) is 17.1 Å². The largest absolute Gasteiger partial charge is 0.505 e. The van der Waals surface area contributed by atoms with Gasteiger partial charge in [-0.2, -0.15) is 5.26 Å². The van der Waals surface area contributed by atoms with E-state index in [0.29, 0.717) is 5.56 Å². The van der Waals surface area contributed by atoms with Crippen LogP contribution >= 0.6 is 24.8 Å². The molecule has 2 rings (SSSR count). The number of nitriles is 1. The fourth-order valence-corrected chi connectivity index (χ4v) is 2.32. The van der Waals surface area contributed by atoms with Crippen molar-refractivity contribution in [1.29, 1.82) is 5.26 Å². The van der Waals surface area contributed by atoms with Crippen molar-refractivity contribution in [2.75, 3.05) is 26.2 Å². The molecule has 7 heteroatoms. The van der Waals surface area contributed by atoms with Crippen LogP contribution in [0.1, 0.15) is 18.0 Å². The van der Waals surface area contributed by atoms with Gasteiger partial charge in [0.15, 0.2) is 11.6 Å². The van der Waals surface area contributed by atoms with E-state index in [2.05, 4.69) is 16.3 Å². The number of phenols is 1. The standard InChI is InChI=1S/C13H16FN3O.2ClH/c14-11-3-1-2-10(13(11)18)12(4-5-15)17-8-6-16-7-9-17;;/h1-3,12,16,18H,4,6-9H2;2*1H/t12-;;/m0../s1. The third-order valence-electron chi connectivity index (χ3n) is 3.25. The lowest BCUT2D eigenvalue weighted by molar-refractivity contribution is 0.172.